The van der Waals surface area contributed by atoms with Crippen LogP contribution in [-0.2, 0) is 0 Å². The highest BCUT2D eigenvalue weighted by atomic mass is 79.9. The first-order valence-electron chi connectivity index (χ1n) is 5.91. The molecule has 0 amide bonds. The third kappa shape index (κ3) is 3.01. The average Bonchev–Trinajstić information content (AvgIpc) is 2.36. The van der Waals surface area contributed by atoms with Crippen molar-refractivity contribution >= 4 is 15.9 Å². The Balaban J connectivity index is 2.52. The molecule has 0 fully saturated rings. The Bertz CT molecular complexity index is 599. The van der Waals surface area contributed by atoms with Crippen molar-refractivity contribution in [1.82, 2.24) is 5.32 Å². The van der Waals surface area contributed by atoms with E-state index in [1.807, 2.05) is 25.1 Å². The Morgan fingerprint density at radius 2 is 1.79 bits per heavy atom. The quantitative estimate of drug-likeness (QED) is 0.884. The number of rotatable bonds is 3. The average molecular weight is 326 g/mol. The molecule has 0 aliphatic heterocycles. The second-order valence-electron chi connectivity index (χ2n) is 4.39. The van der Waals surface area contributed by atoms with E-state index in [-0.39, 0.29) is 6.04 Å². The number of aryl methyl sites for hydroxylation is 1. The maximum atomic E-state index is 13.9. The molecule has 4 heteroatoms. The van der Waals surface area contributed by atoms with Gasteiger partial charge in [-0.15, -0.1) is 0 Å². The Morgan fingerprint density at radius 1 is 1.05 bits per heavy atom. The van der Waals surface area contributed by atoms with Crippen LogP contribution in [0.25, 0.3) is 0 Å². The van der Waals surface area contributed by atoms with Crippen LogP contribution in [-0.4, -0.2) is 7.05 Å². The third-order valence-electron chi connectivity index (χ3n) is 3.11. The Hall–Kier alpha value is -1.26. The van der Waals surface area contributed by atoms with Gasteiger partial charge in [-0.1, -0.05) is 28.1 Å². The molecule has 0 aliphatic carbocycles. The minimum atomic E-state index is -0.568. The van der Waals surface area contributed by atoms with Gasteiger partial charge in [0.2, 0.25) is 0 Å². The van der Waals surface area contributed by atoms with Gasteiger partial charge in [-0.25, -0.2) is 8.78 Å². The summed E-state index contributed by atoms with van der Waals surface area (Å²) < 4.78 is 27.8. The lowest BCUT2D eigenvalue weighted by atomic mass is 9.95. The molecular weight excluding hydrogens is 312 g/mol. The highest BCUT2D eigenvalue weighted by Gasteiger charge is 2.18. The summed E-state index contributed by atoms with van der Waals surface area (Å²) in [6, 6.07) is 9.20. The van der Waals surface area contributed by atoms with E-state index in [1.165, 1.54) is 12.1 Å². The molecule has 2 rings (SSSR count). The minimum absolute atomic E-state index is 0.307. The standard InChI is InChI=1S/C15H14BrF2N/c1-9-3-4-10(16)7-13(9)15(19-2)12-6-5-11(17)8-14(12)18/h3-8,15,19H,1-2H3. The largest absolute Gasteiger partial charge is 0.309 e. The van der Waals surface area contributed by atoms with Gasteiger partial charge in [-0.3, -0.25) is 0 Å². The molecular formula is C15H14BrF2N. The van der Waals surface area contributed by atoms with Crippen LogP contribution < -0.4 is 5.32 Å². The summed E-state index contributed by atoms with van der Waals surface area (Å²) in [5.41, 5.74) is 2.44. The molecule has 100 valence electrons. The summed E-state index contributed by atoms with van der Waals surface area (Å²) in [7, 11) is 1.76. The zero-order chi connectivity index (χ0) is 14.0. The molecule has 19 heavy (non-hydrogen) atoms. The molecule has 0 heterocycles. The molecule has 0 saturated carbocycles. The molecule has 2 aromatic carbocycles. The van der Waals surface area contributed by atoms with Crippen molar-refractivity contribution in [1.29, 1.82) is 0 Å². The fourth-order valence-electron chi connectivity index (χ4n) is 2.14. The normalized spacial score (nSPS) is 12.5. The molecule has 0 aliphatic rings. The van der Waals surface area contributed by atoms with Crippen LogP contribution >= 0.6 is 15.9 Å². The van der Waals surface area contributed by atoms with Gasteiger partial charge < -0.3 is 5.32 Å². The van der Waals surface area contributed by atoms with E-state index in [4.69, 9.17) is 0 Å². The predicted molar refractivity (Wildman–Crippen MR) is 76.1 cm³/mol. The van der Waals surface area contributed by atoms with Crippen molar-refractivity contribution in [2.24, 2.45) is 0 Å². The highest BCUT2D eigenvalue weighted by Crippen LogP contribution is 2.29. The third-order valence-corrected chi connectivity index (χ3v) is 3.61. The summed E-state index contributed by atoms with van der Waals surface area (Å²) in [5, 5.41) is 3.08. The van der Waals surface area contributed by atoms with Crippen LogP contribution in [0, 0.1) is 18.6 Å². The van der Waals surface area contributed by atoms with Gasteiger partial charge >= 0.3 is 0 Å². The van der Waals surface area contributed by atoms with Crippen molar-refractivity contribution in [3.05, 3.63) is 69.2 Å². The molecule has 0 radical (unpaired) electrons. The van der Waals surface area contributed by atoms with Gasteiger partial charge in [-0.2, -0.15) is 0 Å². The lowest BCUT2D eigenvalue weighted by Gasteiger charge is -2.20. The van der Waals surface area contributed by atoms with E-state index in [0.717, 1.165) is 21.7 Å². The molecule has 1 N–H and O–H groups in total. The zero-order valence-corrected chi connectivity index (χ0v) is 12.3. The van der Waals surface area contributed by atoms with E-state index >= 15 is 0 Å². The molecule has 2 aromatic rings. The van der Waals surface area contributed by atoms with Crippen molar-refractivity contribution in [2.45, 2.75) is 13.0 Å². The van der Waals surface area contributed by atoms with Gasteiger partial charge in [0.15, 0.2) is 0 Å². The fourth-order valence-corrected chi connectivity index (χ4v) is 2.52. The van der Waals surface area contributed by atoms with Crippen molar-refractivity contribution in [3.63, 3.8) is 0 Å². The summed E-state index contributed by atoms with van der Waals surface area (Å²) in [6.45, 7) is 1.97. The van der Waals surface area contributed by atoms with Gasteiger partial charge in [0.25, 0.3) is 0 Å². The van der Waals surface area contributed by atoms with Crippen LogP contribution in [0.1, 0.15) is 22.7 Å². The molecule has 0 spiro atoms. The number of benzene rings is 2. The lowest BCUT2D eigenvalue weighted by Crippen LogP contribution is -2.20. The van der Waals surface area contributed by atoms with Gasteiger partial charge in [0.05, 0.1) is 6.04 Å². The first-order valence-corrected chi connectivity index (χ1v) is 6.70. The second kappa shape index (κ2) is 5.80. The monoisotopic (exact) mass is 325 g/mol. The van der Waals surface area contributed by atoms with Gasteiger partial charge in [0.1, 0.15) is 11.6 Å². The predicted octanol–water partition coefficient (Wildman–Crippen LogP) is 4.34. The minimum Gasteiger partial charge on any atom is -0.309 e. The summed E-state index contributed by atoms with van der Waals surface area (Å²) >= 11 is 3.41. The molecule has 0 aromatic heterocycles. The van der Waals surface area contributed by atoms with E-state index in [0.29, 0.717) is 5.56 Å². The number of nitrogens with one attached hydrogen (secondary N) is 1. The van der Waals surface area contributed by atoms with Crippen LogP contribution in [0.5, 0.6) is 0 Å². The molecule has 1 unspecified atom stereocenters. The SMILES string of the molecule is CNC(c1cc(Br)ccc1C)c1ccc(F)cc1F. The van der Waals surface area contributed by atoms with Gasteiger partial charge in [0, 0.05) is 16.1 Å². The van der Waals surface area contributed by atoms with Crippen molar-refractivity contribution in [2.75, 3.05) is 7.05 Å². The van der Waals surface area contributed by atoms with Crippen LogP contribution in [0.3, 0.4) is 0 Å². The Labute approximate surface area is 119 Å². The van der Waals surface area contributed by atoms with Gasteiger partial charge in [-0.05, 0) is 43.3 Å². The molecule has 1 nitrogen and oxygen atoms in total. The van der Waals surface area contributed by atoms with Crippen molar-refractivity contribution in [3.8, 4) is 0 Å². The Kier molecular flexibility index (Phi) is 4.32. The molecule has 0 saturated heterocycles. The van der Waals surface area contributed by atoms with E-state index in [9.17, 15) is 8.78 Å². The van der Waals surface area contributed by atoms with Crippen LogP contribution in [0.4, 0.5) is 8.78 Å². The topological polar surface area (TPSA) is 12.0 Å². The summed E-state index contributed by atoms with van der Waals surface area (Å²) in [4.78, 5) is 0. The lowest BCUT2D eigenvalue weighted by molar-refractivity contribution is 0.551. The number of halogens is 3. The summed E-state index contributed by atoms with van der Waals surface area (Å²) in [5.74, 6) is -1.11. The van der Waals surface area contributed by atoms with Crippen LogP contribution in [0.2, 0.25) is 0 Å². The Morgan fingerprint density at radius 3 is 2.42 bits per heavy atom. The van der Waals surface area contributed by atoms with E-state index in [1.54, 1.807) is 7.05 Å². The van der Waals surface area contributed by atoms with E-state index in [2.05, 4.69) is 21.2 Å². The maximum Gasteiger partial charge on any atom is 0.131 e. The number of hydrogen-bond donors (Lipinski definition) is 1. The molecule has 0 bridgehead atoms. The number of hydrogen-bond acceptors (Lipinski definition) is 1. The first-order chi connectivity index (χ1) is 9.02. The zero-order valence-electron chi connectivity index (χ0n) is 10.7. The highest BCUT2D eigenvalue weighted by molar-refractivity contribution is 9.10. The smallest absolute Gasteiger partial charge is 0.131 e. The van der Waals surface area contributed by atoms with Crippen LogP contribution in [0.15, 0.2) is 40.9 Å². The fraction of sp³-hybridized carbons (Fsp3) is 0.200. The van der Waals surface area contributed by atoms with E-state index < -0.39 is 11.6 Å². The maximum absolute atomic E-state index is 13.9. The second-order valence-corrected chi connectivity index (χ2v) is 5.30. The van der Waals surface area contributed by atoms with Crippen molar-refractivity contribution < 1.29 is 8.78 Å². The summed E-state index contributed by atoms with van der Waals surface area (Å²) in [6.07, 6.45) is 0. The first kappa shape index (κ1) is 14.2. The molecule has 1 atom stereocenters.